The summed E-state index contributed by atoms with van der Waals surface area (Å²) in [5, 5.41) is 3.57. The van der Waals surface area contributed by atoms with Crippen LogP contribution >= 0.6 is 23.2 Å². The first kappa shape index (κ1) is 15.8. The van der Waals surface area contributed by atoms with Gasteiger partial charge in [-0.2, -0.15) is 0 Å². The quantitative estimate of drug-likeness (QED) is 0.850. The topological polar surface area (TPSA) is 55.4 Å². The molecule has 0 fully saturated rings. The first-order valence-corrected chi connectivity index (χ1v) is 6.56. The Kier molecular flexibility index (Phi) is 6.12. The van der Waals surface area contributed by atoms with Crippen molar-refractivity contribution >= 4 is 35.1 Å². The summed E-state index contributed by atoms with van der Waals surface area (Å²) < 4.78 is 4.88. The maximum atomic E-state index is 11.5. The average Bonchev–Trinajstić information content (AvgIpc) is 2.26. The minimum atomic E-state index is -0.507. The van der Waals surface area contributed by atoms with Gasteiger partial charge in [0.25, 0.3) is 0 Å². The Balaban J connectivity index is 2.95. The first-order chi connectivity index (χ1) is 8.92. The third kappa shape index (κ3) is 5.49. The molecule has 1 aromatic rings. The molecule has 0 spiro atoms. The Labute approximate surface area is 122 Å². The molecule has 1 amide bonds. The summed E-state index contributed by atoms with van der Waals surface area (Å²) in [5.41, 5.74) is 0.667. The lowest BCUT2D eigenvalue weighted by Gasteiger charge is -2.18. The summed E-state index contributed by atoms with van der Waals surface area (Å²) in [6, 6.07) is 4.40. The van der Waals surface area contributed by atoms with Crippen LogP contribution in [0.2, 0.25) is 10.0 Å². The fraction of sp³-hybridized carbons (Fsp3) is 0.385. The van der Waals surface area contributed by atoms with E-state index >= 15 is 0 Å². The van der Waals surface area contributed by atoms with Crippen molar-refractivity contribution in [3.63, 3.8) is 0 Å². The van der Waals surface area contributed by atoms with Gasteiger partial charge in [0, 0.05) is 17.0 Å². The van der Waals surface area contributed by atoms with Gasteiger partial charge in [-0.25, -0.2) is 0 Å². The second-order valence-electron chi connectivity index (χ2n) is 3.97. The molecule has 0 aliphatic rings. The van der Waals surface area contributed by atoms with Crippen molar-refractivity contribution in [3.8, 4) is 0 Å². The molecular weight excluding hydrogens is 289 g/mol. The number of carbonyl (C=O) groups excluding carboxylic acids is 2. The van der Waals surface area contributed by atoms with Gasteiger partial charge >= 0.3 is 5.97 Å². The molecule has 6 heteroatoms. The highest BCUT2D eigenvalue weighted by Gasteiger charge is 2.18. The molecule has 0 saturated carbocycles. The molecule has 0 aromatic heterocycles. The van der Waals surface area contributed by atoms with Crippen LogP contribution in [-0.2, 0) is 14.3 Å². The number of rotatable bonds is 5. The Morgan fingerprint density at radius 1 is 1.26 bits per heavy atom. The van der Waals surface area contributed by atoms with E-state index in [0.717, 1.165) is 0 Å². The molecule has 1 aromatic carbocycles. The van der Waals surface area contributed by atoms with Gasteiger partial charge in [0.15, 0.2) is 0 Å². The zero-order valence-electron chi connectivity index (χ0n) is 10.7. The van der Waals surface area contributed by atoms with E-state index in [9.17, 15) is 9.59 Å². The zero-order valence-corrected chi connectivity index (χ0v) is 12.2. The van der Waals surface area contributed by atoms with Crippen molar-refractivity contribution in [1.29, 1.82) is 0 Å². The van der Waals surface area contributed by atoms with Crippen molar-refractivity contribution < 1.29 is 14.3 Å². The largest absolute Gasteiger partial charge is 0.466 e. The zero-order chi connectivity index (χ0) is 14.4. The lowest BCUT2D eigenvalue weighted by Crippen LogP contribution is -2.28. The maximum Gasteiger partial charge on any atom is 0.308 e. The number of hydrogen-bond acceptors (Lipinski definition) is 3. The fourth-order valence-corrected chi connectivity index (χ4v) is 2.20. The Bertz CT molecular complexity index is 457. The van der Waals surface area contributed by atoms with E-state index in [1.165, 1.54) is 6.92 Å². The van der Waals surface area contributed by atoms with Crippen LogP contribution in [0, 0.1) is 0 Å². The molecule has 19 heavy (non-hydrogen) atoms. The van der Waals surface area contributed by atoms with Crippen LogP contribution < -0.4 is 5.32 Å². The lowest BCUT2D eigenvalue weighted by molar-refractivity contribution is -0.143. The summed E-state index contributed by atoms with van der Waals surface area (Å²) in [6.07, 6.45) is 0.0318. The van der Waals surface area contributed by atoms with Crippen LogP contribution in [-0.4, -0.2) is 18.5 Å². The minimum absolute atomic E-state index is 0.0318. The minimum Gasteiger partial charge on any atom is -0.466 e. The molecule has 1 atom stereocenters. The van der Waals surface area contributed by atoms with Crippen LogP contribution in [0.15, 0.2) is 18.2 Å². The number of hydrogen-bond donors (Lipinski definition) is 1. The summed E-state index contributed by atoms with van der Waals surface area (Å²) >= 11 is 11.8. The number of amides is 1. The van der Waals surface area contributed by atoms with Crippen LogP contribution in [0.3, 0.4) is 0 Å². The van der Waals surface area contributed by atoms with E-state index in [0.29, 0.717) is 22.2 Å². The standard InChI is InChI=1S/C13H15Cl2NO3/c1-3-19-13(18)7-12(16-8(2)17)9-4-10(14)6-11(15)5-9/h4-6,12H,3,7H2,1-2H3,(H,16,17). The van der Waals surface area contributed by atoms with Gasteiger partial charge in [0.2, 0.25) is 5.91 Å². The number of esters is 1. The van der Waals surface area contributed by atoms with E-state index < -0.39 is 12.0 Å². The molecule has 1 unspecified atom stereocenters. The van der Waals surface area contributed by atoms with E-state index in [1.54, 1.807) is 25.1 Å². The summed E-state index contributed by atoms with van der Waals surface area (Å²) in [6.45, 7) is 3.40. The third-order valence-electron chi connectivity index (χ3n) is 2.34. The van der Waals surface area contributed by atoms with Crippen LogP contribution in [0.1, 0.15) is 31.9 Å². The smallest absolute Gasteiger partial charge is 0.308 e. The van der Waals surface area contributed by atoms with Gasteiger partial charge in [-0.3, -0.25) is 9.59 Å². The first-order valence-electron chi connectivity index (χ1n) is 5.81. The molecule has 0 bridgehead atoms. The van der Waals surface area contributed by atoms with Gasteiger partial charge in [-0.1, -0.05) is 23.2 Å². The summed E-state index contributed by atoms with van der Waals surface area (Å²) in [4.78, 5) is 22.7. The van der Waals surface area contributed by atoms with Gasteiger partial charge < -0.3 is 10.1 Å². The molecule has 0 saturated heterocycles. The summed E-state index contributed by atoms with van der Waals surface area (Å²) in [7, 11) is 0. The van der Waals surface area contributed by atoms with Crippen LogP contribution in [0.5, 0.6) is 0 Å². The summed E-state index contributed by atoms with van der Waals surface area (Å²) in [5.74, 6) is -0.636. The normalized spacial score (nSPS) is 11.8. The van der Waals surface area contributed by atoms with E-state index in [2.05, 4.69) is 5.32 Å². The Hall–Kier alpha value is -1.26. The predicted molar refractivity (Wildman–Crippen MR) is 74.3 cm³/mol. The van der Waals surface area contributed by atoms with Crippen molar-refractivity contribution in [1.82, 2.24) is 5.32 Å². The molecule has 104 valence electrons. The second-order valence-corrected chi connectivity index (χ2v) is 4.84. The second kappa shape index (κ2) is 7.36. The van der Waals surface area contributed by atoms with Gasteiger partial charge in [-0.15, -0.1) is 0 Å². The van der Waals surface area contributed by atoms with E-state index in [1.807, 2.05) is 0 Å². The SMILES string of the molecule is CCOC(=O)CC(NC(C)=O)c1cc(Cl)cc(Cl)c1. The Morgan fingerprint density at radius 3 is 2.32 bits per heavy atom. The highest BCUT2D eigenvalue weighted by Crippen LogP contribution is 2.25. The highest BCUT2D eigenvalue weighted by atomic mass is 35.5. The number of nitrogens with one attached hydrogen (secondary N) is 1. The maximum absolute atomic E-state index is 11.5. The van der Waals surface area contributed by atoms with Gasteiger partial charge in [0.1, 0.15) is 0 Å². The van der Waals surface area contributed by atoms with Crippen molar-refractivity contribution in [2.24, 2.45) is 0 Å². The fourth-order valence-electron chi connectivity index (χ4n) is 1.66. The molecule has 0 heterocycles. The predicted octanol–water partition coefficient (Wildman–Crippen LogP) is 3.12. The Morgan fingerprint density at radius 2 is 1.84 bits per heavy atom. The molecule has 1 rings (SSSR count). The van der Waals surface area contributed by atoms with Crippen molar-refractivity contribution in [2.75, 3.05) is 6.61 Å². The molecule has 0 radical (unpaired) electrons. The van der Waals surface area contributed by atoms with Crippen LogP contribution in [0.25, 0.3) is 0 Å². The van der Waals surface area contributed by atoms with Crippen LogP contribution in [0.4, 0.5) is 0 Å². The molecule has 4 nitrogen and oxygen atoms in total. The third-order valence-corrected chi connectivity index (χ3v) is 2.78. The average molecular weight is 304 g/mol. The molecule has 0 aliphatic heterocycles. The molecule has 0 aliphatic carbocycles. The lowest BCUT2D eigenvalue weighted by atomic mass is 10.0. The van der Waals surface area contributed by atoms with Gasteiger partial charge in [0.05, 0.1) is 19.1 Å². The number of halogens is 2. The molecule has 1 N–H and O–H groups in total. The number of benzene rings is 1. The number of carbonyl (C=O) groups is 2. The monoisotopic (exact) mass is 303 g/mol. The number of ether oxygens (including phenoxy) is 1. The van der Waals surface area contributed by atoms with E-state index in [4.69, 9.17) is 27.9 Å². The molecular formula is C13H15Cl2NO3. The highest BCUT2D eigenvalue weighted by molar-refractivity contribution is 6.34. The van der Waals surface area contributed by atoms with Crippen molar-refractivity contribution in [2.45, 2.75) is 26.3 Å². The van der Waals surface area contributed by atoms with Crippen molar-refractivity contribution in [3.05, 3.63) is 33.8 Å². The van der Waals surface area contributed by atoms with Gasteiger partial charge in [-0.05, 0) is 30.7 Å². The van der Waals surface area contributed by atoms with E-state index in [-0.39, 0.29) is 12.3 Å².